The van der Waals surface area contributed by atoms with Crippen LogP contribution in [0.1, 0.15) is 52.3 Å². The van der Waals surface area contributed by atoms with E-state index >= 15 is 0 Å². The number of rotatable bonds is 19. The van der Waals surface area contributed by atoms with Crippen molar-refractivity contribution in [2.45, 2.75) is 70.7 Å². The number of nitrogen functional groups attached to an aromatic ring is 1. The van der Waals surface area contributed by atoms with Crippen molar-refractivity contribution in [2.24, 2.45) is 0 Å². The Bertz CT molecular complexity index is 1770. The van der Waals surface area contributed by atoms with Crippen LogP contribution in [0.5, 0.6) is 5.75 Å². The van der Waals surface area contributed by atoms with Crippen LogP contribution in [-0.2, 0) is 46.9 Å². The lowest BCUT2D eigenvalue weighted by Gasteiger charge is -2.27. The molecular weight excluding hydrogens is 695 g/mol. The molecule has 3 heterocycles. The van der Waals surface area contributed by atoms with E-state index in [4.69, 9.17) is 49.6 Å². The molecule has 0 amide bonds. The largest absolute Gasteiger partial charge is 0.530 e. The van der Waals surface area contributed by atoms with Gasteiger partial charge < -0.3 is 29.2 Å². The second-order valence-corrected chi connectivity index (χ2v) is 12.4. The summed E-state index contributed by atoms with van der Waals surface area (Å²) in [7, 11) is -4.82. The molecule has 20 heteroatoms. The van der Waals surface area contributed by atoms with Crippen LogP contribution in [0, 0.1) is 16.7 Å². The lowest BCUT2D eigenvalue weighted by Crippen LogP contribution is -2.46. The SMILES string of the molecule is [C-]#[N+][C@]1(COP(=O)(OCC(COC(=O)CC)OC(=O)CC)Oc2ccc([N+](=O)[O-])cc2)O[C@@H](c2ccc3c(N)ncnn23)[C@H](OCC)[C@@H]1OCC. The fourth-order valence-corrected chi connectivity index (χ4v) is 6.32. The lowest BCUT2D eigenvalue weighted by molar-refractivity contribution is -0.384. The van der Waals surface area contributed by atoms with E-state index in [1.54, 1.807) is 39.8 Å². The highest BCUT2D eigenvalue weighted by molar-refractivity contribution is 7.48. The Kier molecular flexibility index (Phi) is 13.4. The van der Waals surface area contributed by atoms with Crippen molar-refractivity contribution in [3.63, 3.8) is 0 Å². The Morgan fingerprint density at radius 1 is 1.08 bits per heavy atom. The van der Waals surface area contributed by atoms with Gasteiger partial charge in [0.25, 0.3) is 5.69 Å². The molecule has 1 aromatic carbocycles. The number of nitro benzene ring substituents is 1. The summed E-state index contributed by atoms with van der Waals surface area (Å²) in [5, 5.41) is 15.5. The zero-order valence-electron chi connectivity index (χ0n) is 28.4. The number of nitro groups is 1. The summed E-state index contributed by atoms with van der Waals surface area (Å²) < 4.78 is 61.8. The van der Waals surface area contributed by atoms with E-state index in [0.29, 0.717) is 11.2 Å². The summed E-state index contributed by atoms with van der Waals surface area (Å²) in [5.74, 6) is -1.20. The molecule has 4 rings (SSSR count). The topological polar surface area (TPSA) is 229 Å². The lowest BCUT2D eigenvalue weighted by atomic mass is 10.0. The zero-order chi connectivity index (χ0) is 37.2. The molecule has 0 spiro atoms. The number of aromatic nitrogens is 3. The summed E-state index contributed by atoms with van der Waals surface area (Å²) >= 11 is 0. The Labute approximate surface area is 292 Å². The van der Waals surface area contributed by atoms with Gasteiger partial charge in [0.1, 0.15) is 43.0 Å². The number of nitrogens with zero attached hydrogens (tertiary/aromatic N) is 5. The predicted octanol–water partition coefficient (Wildman–Crippen LogP) is 4.21. The molecule has 1 fully saturated rings. The van der Waals surface area contributed by atoms with E-state index in [1.807, 2.05) is 0 Å². The molecule has 19 nitrogen and oxygen atoms in total. The number of non-ortho nitro benzene ring substituents is 1. The fourth-order valence-electron chi connectivity index (χ4n) is 5.06. The minimum absolute atomic E-state index is 0.0207. The van der Waals surface area contributed by atoms with Gasteiger partial charge in [0, 0.05) is 38.2 Å². The van der Waals surface area contributed by atoms with Gasteiger partial charge in [0.2, 0.25) is 0 Å². The number of carbonyl (C=O) groups is 2. The van der Waals surface area contributed by atoms with Crippen LogP contribution in [-0.4, -0.2) is 88.5 Å². The molecule has 0 bridgehead atoms. The highest BCUT2D eigenvalue weighted by Gasteiger charge is 2.65. The Morgan fingerprint density at radius 3 is 2.41 bits per heavy atom. The van der Waals surface area contributed by atoms with Gasteiger partial charge in [-0.05, 0) is 38.1 Å². The molecule has 2 unspecified atom stereocenters. The average Bonchev–Trinajstić information content (AvgIpc) is 3.69. The van der Waals surface area contributed by atoms with E-state index in [0.717, 1.165) is 12.1 Å². The third kappa shape index (κ3) is 9.35. The Balaban J connectivity index is 1.68. The Hall–Kier alpha value is -4.70. The van der Waals surface area contributed by atoms with Crippen molar-refractivity contribution in [2.75, 3.05) is 38.8 Å². The van der Waals surface area contributed by atoms with E-state index in [-0.39, 0.29) is 43.3 Å². The first kappa shape index (κ1) is 39.1. The molecular formula is C31H39N6O13P. The molecule has 0 aliphatic carbocycles. The maximum atomic E-state index is 14.4. The normalized spacial score (nSPS) is 21.7. The molecule has 2 N–H and O–H groups in total. The number of phosphoric acid groups is 1. The smallest absolute Gasteiger partial charge is 0.462 e. The van der Waals surface area contributed by atoms with Crippen LogP contribution in [0.4, 0.5) is 11.5 Å². The van der Waals surface area contributed by atoms with Crippen LogP contribution in [0.25, 0.3) is 10.4 Å². The number of anilines is 1. The number of fused-ring (bicyclic) bond motifs is 1. The summed E-state index contributed by atoms with van der Waals surface area (Å²) in [4.78, 5) is 42.3. The third-order valence-corrected chi connectivity index (χ3v) is 8.83. The zero-order valence-corrected chi connectivity index (χ0v) is 29.3. The molecule has 1 aliphatic heterocycles. The number of esters is 2. The third-order valence-electron chi connectivity index (χ3n) is 7.49. The van der Waals surface area contributed by atoms with E-state index in [1.165, 1.54) is 23.0 Å². The van der Waals surface area contributed by atoms with Gasteiger partial charge in [-0.15, -0.1) is 0 Å². The minimum atomic E-state index is -4.82. The van der Waals surface area contributed by atoms with Gasteiger partial charge in [-0.2, -0.15) is 5.10 Å². The van der Waals surface area contributed by atoms with Crippen molar-refractivity contribution >= 4 is 36.8 Å². The molecule has 0 saturated carbocycles. The van der Waals surface area contributed by atoms with Crippen LogP contribution < -0.4 is 10.3 Å². The van der Waals surface area contributed by atoms with E-state index in [2.05, 4.69) is 14.9 Å². The van der Waals surface area contributed by atoms with E-state index < -0.39 is 74.6 Å². The highest BCUT2D eigenvalue weighted by atomic mass is 31.2. The number of phosphoric ester groups is 1. The molecule has 276 valence electrons. The van der Waals surface area contributed by atoms with Crippen LogP contribution in [0.2, 0.25) is 0 Å². The number of hydrogen-bond donors (Lipinski definition) is 1. The van der Waals surface area contributed by atoms with Crippen LogP contribution in [0.3, 0.4) is 0 Å². The highest BCUT2D eigenvalue weighted by Crippen LogP contribution is 2.53. The van der Waals surface area contributed by atoms with Gasteiger partial charge >= 0.3 is 25.5 Å². The quantitative estimate of drug-likeness (QED) is 0.0598. The maximum absolute atomic E-state index is 14.4. The predicted molar refractivity (Wildman–Crippen MR) is 176 cm³/mol. The van der Waals surface area contributed by atoms with Crippen molar-refractivity contribution < 1.29 is 56.3 Å². The molecule has 6 atom stereocenters. The van der Waals surface area contributed by atoms with Crippen molar-refractivity contribution in [3.8, 4) is 5.75 Å². The molecule has 1 aliphatic rings. The monoisotopic (exact) mass is 734 g/mol. The second kappa shape index (κ2) is 17.5. The number of benzene rings is 1. The van der Waals surface area contributed by atoms with Crippen LogP contribution >= 0.6 is 7.82 Å². The maximum Gasteiger partial charge on any atom is 0.530 e. The number of nitrogens with two attached hydrogens (primary N) is 1. The summed E-state index contributed by atoms with van der Waals surface area (Å²) in [6, 6.07) is 7.92. The molecule has 2 aromatic heterocycles. The van der Waals surface area contributed by atoms with Gasteiger partial charge in [-0.1, -0.05) is 13.8 Å². The minimum Gasteiger partial charge on any atom is -0.462 e. The molecule has 0 radical (unpaired) electrons. The molecule has 3 aromatic rings. The molecule has 1 saturated heterocycles. The Morgan fingerprint density at radius 2 is 1.78 bits per heavy atom. The van der Waals surface area contributed by atoms with E-state index in [9.17, 15) is 24.3 Å². The average molecular weight is 735 g/mol. The summed E-state index contributed by atoms with van der Waals surface area (Å²) in [6.07, 6.45) is -2.94. The van der Waals surface area contributed by atoms with Gasteiger partial charge in [-0.3, -0.25) is 38.3 Å². The fraction of sp³-hybridized carbons (Fsp3) is 0.516. The van der Waals surface area contributed by atoms with Gasteiger partial charge in [0.15, 0.2) is 24.6 Å². The van der Waals surface area contributed by atoms with Crippen molar-refractivity contribution in [1.29, 1.82) is 0 Å². The number of ether oxygens (including phenoxy) is 5. The first-order valence-corrected chi connectivity index (χ1v) is 17.4. The first-order chi connectivity index (χ1) is 24.4. The van der Waals surface area contributed by atoms with Crippen LogP contribution in [0.15, 0.2) is 42.7 Å². The summed E-state index contributed by atoms with van der Waals surface area (Å²) in [5.41, 5.74) is 4.70. The van der Waals surface area contributed by atoms with Gasteiger partial charge in [-0.25, -0.2) is 20.6 Å². The number of carbonyl (C=O) groups excluding carboxylic acids is 2. The summed E-state index contributed by atoms with van der Waals surface area (Å²) in [6.45, 7) is 13.3. The molecule has 51 heavy (non-hydrogen) atoms. The number of hydrogen-bond acceptors (Lipinski definition) is 16. The standard InChI is InChI=1S/C31H39N6O13P/c1-6-25(38)45-16-22(48-26(39)7-2)17-46-51(42,50-21-12-10-20(11-13-21)37(40)41)47-18-31(33-5)29(44-9-4)28(43-8-3)27(49-31)23-14-15-24-30(32)34-19-35-36(23)24/h10-15,19,22,27-29H,6-9,16-18H2,1-4H3,(H2,32,34,35)/t22?,27-,28-,29-,31+,51?/m0/s1. The van der Waals surface area contributed by atoms with Gasteiger partial charge in [0.05, 0.1) is 10.6 Å². The second-order valence-electron chi connectivity index (χ2n) is 10.9. The van der Waals surface area contributed by atoms with Crippen molar-refractivity contribution in [3.05, 3.63) is 70.0 Å². The first-order valence-electron chi connectivity index (χ1n) is 16.0. The van der Waals surface area contributed by atoms with Crippen molar-refractivity contribution in [1.82, 2.24) is 14.6 Å².